The summed E-state index contributed by atoms with van der Waals surface area (Å²) in [6.45, 7) is 3.20. The summed E-state index contributed by atoms with van der Waals surface area (Å²) in [6.07, 6.45) is 1.35. The first-order valence-corrected chi connectivity index (χ1v) is 6.60. The molecule has 0 aromatic heterocycles. The number of halogens is 1. The van der Waals surface area contributed by atoms with Gasteiger partial charge < -0.3 is 10.0 Å². The molecule has 1 aromatic carbocycles. The molecule has 0 radical (unpaired) electrons. The SMILES string of the molecule is CC(=O)c1cc(Br)ccc1N1CCC(O)CC1. The Balaban J connectivity index is 2.28. The fraction of sp³-hybridized carbons (Fsp3) is 0.462. The van der Waals surface area contributed by atoms with Crippen molar-refractivity contribution >= 4 is 27.4 Å². The summed E-state index contributed by atoms with van der Waals surface area (Å²) < 4.78 is 0.920. The quantitative estimate of drug-likeness (QED) is 0.853. The maximum absolute atomic E-state index is 11.6. The van der Waals surface area contributed by atoms with Crippen molar-refractivity contribution < 1.29 is 9.90 Å². The number of nitrogens with zero attached hydrogens (tertiary/aromatic N) is 1. The minimum atomic E-state index is -0.192. The molecule has 1 heterocycles. The summed E-state index contributed by atoms with van der Waals surface area (Å²) >= 11 is 3.39. The summed E-state index contributed by atoms with van der Waals surface area (Å²) in [5.41, 5.74) is 1.73. The van der Waals surface area contributed by atoms with Gasteiger partial charge in [-0.25, -0.2) is 0 Å². The molecule has 1 fully saturated rings. The van der Waals surface area contributed by atoms with Crippen LogP contribution in [0.3, 0.4) is 0 Å². The predicted molar refractivity (Wildman–Crippen MR) is 71.6 cm³/mol. The molecule has 0 aliphatic carbocycles. The van der Waals surface area contributed by atoms with Gasteiger partial charge in [-0.1, -0.05) is 15.9 Å². The fourth-order valence-corrected chi connectivity index (χ4v) is 2.53. The monoisotopic (exact) mass is 297 g/mol. The lowest BCUT2D eigenvalue weighted by atomic mass is 10.0. The molecule has 0 amide bonds. The van der Waals surface area contributed by atoms with Crippen molar-refractivity contribution in [3.8, 4) is 0 Å². The zero-order valence-electron chi connectivity index (χ0n) is 9.82. The second-order valence-corrected chi connectivity index (χ2v) is 5.35. The van der Waals surface area contributed by atoms with Gasteiger partial charge in [-0.2, -0.15) is 0 Å². The van der Waals surface area contributed by atoms with Gasteiger partial charge in [0.05, 0.1) is 6.10 Å². The zero-order valence-corrected chi connectivity index (χ0v) is 11.4. The van der Waals surface area contributed by atoms with Crippen LogP contribution in [0.25, 0.3) is 0 Å². The number of aliphatic hydroxyl groups excluding tert-OH is 1. The summed E-state index contributed by atoms with van der Waals surface area (Å²) in [6, 6.07) is 5.79. The molecule has 92 valence electrons. The van der Waals surface area contributed by atoms with Crippen molar-refractivity contribution in [1.29, 1.82) is 0 Å². The van der Waals surface area contributed by atoms with Crippen LogP contribution in [0.2, 0.25) is 0 Å². The molecule has 0 atom stereocenters. The lowest BCUT2D eigenvalue weighted by molar-refractivity contribution is 0.101. The Morgan fingerprint density at radius 1 is 1.41 bits per heavy atom. The van der Waals surface area contributed by atoms with Crippen molar-refractivity contribution in [2.45, 2.75) is 25.9 Å². The Morgan fingerprint density at radius 3 is 2.65 bits per heavy atom. The molecule has 1 aliphatic heterocycles. The third-order valence-electron chi connectivity index (χ3n) is 3.14. The molecule has 0 spiro atoms. The normalized spacial score (nSPS) is 17.2. The van der Waals surface area contributed by atoms with Crippen molar-refractivity contribution in [1.82, 2.24) is 0 Å². The number of piperidine rings is 1. The average molecular weight is 298 g/mol. The number of benzene rings is 1. The minimum Gasteiger partial charge on any atom is -0.393 e. The molecule has 4 heteroatoms. The van der Waals surface area contributed by atoms with Gasteiger partial charge in [0.15, 0.2) is 5.78 Å². The van der Waals surface area contributed by atoms with Gasteiger partial charge in [0.2, 0.25) is 0 Å². The number of rotatable bonds is 2. The average Bonchev–Trinajstić information content (AvgIpc) is 2.30. The van der Waals surface area contributed by atoms with Gasteiger partial charge in [-0.3, -0.25) is 4.79 Å². The van der Waals surface area contributed by atoms with Gasteiger partial charge in [0.25, 0.3) is 0 Å². The highest BCUT2D eigenvalue weighted by Crippen LogP contribution is 2.27. The van der Waals surface area contributed by atoms with Crippen molar-refractivity contribution in [3.05, 3.63) is 28.2 Å². The van der Waals surface area contributed by atoms with Crippen LogP contribution >= 0.6 is 15.9 Å². The van der Waals surface area contributed by atoms with Crippen LogP contribution in [0.15, 0.2) is 22.7 Å². The standard InChI is InChI=1S/C13H16BrNO2/c1-9(16)12-8-10(14)2-3-13(12)15-6-4-11(17)5-7-15/h2-3,8,11,17H,4-7H2,1H3. The Labute approximate surface area is 110 Å². The fourth-order valence-electron chi connectivity index (χ4n) is 2.17. The first-order chi connectivity index (χ1) is 8.08. The molecular weight excluding hydrogens is 282 g/mol. The number of ketones is 1. The summed E-state index contributed by atoms with van der Waals surface area (Å²) in [7, 11) is 0. The molecule has 1 N–H and O–H groups in total. The number of anilines is 1. The summed E-state index contributed by atoms with van der Waals surface area (Å²) in [5, 5.41) is 9.50. The summed E-state index contributed by atoms with van der Waals surface area (Å²) in [5.74, 6) is 0.0763. The van der Waals surface area contributed by atoms with E-state index < -0.39 is 0 Å². The second-order valence-electron chi connectivity index (χ2n) is 4.44. The van der Waals surface area contributed by atoms with E-state index in [2.05, 4.69) is 20.8 Å². The number of hydrogen-bond donors (Lipinski definition) is 1. The molecule has 1 aliphatic rings. The highest BCUT2D eigenvalue weighted by atomic mass is 79.9. The van der Waals surface area contributed by atoms with E-state index in [0.717, 1.165) is 41.7 Å². The smallest absolute Gasteiger partial charge is 0.161 e. The van der Waals surface area contributed by atoms with E-state index >= 15 is 0 Å². The minimum absolute atomic E-state index is 0.0763. The van der Waals surface area contributed by atoms with Crippen LogP contribution in [0.5, 0.6) is 0 Å². The third-order valence-corrected chi connectivity index (χ3v) is 3.64. The molecule has 0 bridgehead atoms. The van der Waals surface area contributed by atoms with Gasteiger partial charge in [-0.15, -0.1) is 0 Å². The van der Waals surface area contributed by atoms with E-state index in [9.17, 15) is 9.90 Å². The number of aliphatic hydroxyl groups is 1. The predicted octanol–water partition coefficient (Wildman–Crippen LogP) is 2.61. The van der Waals surface area contributed by atoms with Crippen LogP contribution in [-0.4, -0.2) is 30.1 Å². The van der Waals surface area contributed by atoms with Crippen molar-refractivity contribution in [3.63, 3.8) is 0 Å². The van der Waals surface area contributed by atoms with Crippen molar-refractivity contribution in [2.75, 3.05) is 18.0 Å². The third kappa shape index (κ3) is 2.87. The van der Waals surface area contributed by atoms with Crippen LogP contribution in [0.4, 0.5) is 5.69 Å². The van der Waals surface area contributed by atoms with Crippen LogP contribution in [-0.2, 0) is 0 Å². The molecule has 3 nitrogen and oxygen atoms in total. The first kappa shape index (κ1) is 12.6. The molecular formula is C13H16BrNO2. The first-order valence-electron chi connectivity index (χ1n) is 5.81. The molecule has 2 rings (SSSR count). The number of carbonyl (C=O) groups is 1. The highest BCUT2D eigenvalue weighted by molar-refractivity contribution is 9.10. The second kappa shape index (κ2) is 5.19. The maximum Gasteiger partial charge on any atom is 0.161 e. The molecule has 1 aromatic rings. The number of Topliss-reactive ketones (excluding diaryl/α,β-unsaturated/α-hetero) is 1. The van der Waals surface area contributed by atoms with Crippen LogP contribution in [0, 0.1) is 0 Å². The number of hydrogen-bond acceptors (Lipinski definition) is 3. The molecule has 1 saturated heterocycles. The van der Waals surface area contributed by atoms with Gasteiger partial charge in [0, 0.05) is 28.8 Å². The van der Waals surface area contributed by atoms with E-state index in [1.54, 1.807) is 6.92 Å². The van der Waals surface area contributed by atoms with E-state index in [4.69, 9.17) is 0 Å². The van der Waals surface area contributed by atoms with E-state index in [1.165, 1.54) is 0 Å². The highest BCUT2D eigenvalue weighted by Gasteiger charge is 2.20. The van der Waals surface area contributed by atoms with Gasteiger partial charge >= 0.3 is 0 Å². The maximum atomic E-state index is 11.6. The van der Waals surface area contributed by atoms with Gasteiger partial charge in [0.1, 0.15) is 0 Å². The Morgan fingerprint density at radius 2 is 2.06 bits per heavy atom. The lowest BCUT2D eigenvalue weighted by Gasteiger charge is -2.32. The molecule has 17 heavy (non-hydrogen) atoms. The van der Waals surface area contributed by atoms with Crippen LogP contribution < -0.4 is 4.90 Å². The number of carbonyl (C=O) groups excluding carboxylic acids is 1. The largest absolute Gasteiger partial charge is 0.393 e. The Kier molecular flexibility index (Phi) is 3.84. The van der Waals surface area contributed by atoms with Crippen LogP contribution in [0.1, 0.15) is 30.1 Å². The Bertz CT molecular complexity index is 425. The van der Waals surface area contributed by atoms with E-state index in [1.807, 2.05) is 18.2 Å². The lowest BCUT2D eigenvalue weighted by Crippen LogP contribution is -2.36. The Hall–Kier alpha value is -0.870. The topological polar surface area (TPSA) is 40.5 Å². The zero-order chi connectivity index (χ0) is 12.4. The molecule has 0 saturated carbocycles. The van der Waals surface area contributed by atoms with Gasteiger partial charge in [-0.05, 0) is 38.0 Å². The van der Waals surface area contributed by atoms with Crippen molar-refractivity contribution in [2.24, 2.45) is 0 Å². The van der Waals surface area contributed by atoms with E-state index in [0.29, 0.717) is 0 Å². The summed E-state index contributed by atoms with van der Waals surface area (Å²) in [4.78, 5) is 13.8. The molecule has 0 unspecified atom stereocenters. The van der Waals surface area contributed by atoms with E-state index in [-0.39, 0.29) is 11.9 Å².